The Labute approximate surface area is 115 Å². The summed E-state index contributed by atoms with van der Waals surface area (Å²) in [6.45, 7) is 3.06. The van der Waals surface area contributed by atoms with E-state index in [0.717, 1.165) is 24.5 Å². The van der Waals surface area contributed by atoms with Gasteiger partial charge in [0.05, 0.1) is 6.10 Å². The molecule has 0 heterocycles. The minimum absolute atomic E-state index is 0.0227. The first-order chi connectivity index (χ1) is 9.25. The quantitative estimate of drug-likeness (QED) is 0.895. The summed E-state index contributed by atoms with van der Waals surface area (Å²) < 4.78 is 6.06. The van der Waals surface area contributed by atoms with Crippen molar-refractivity contribution in [2.24, 2.45) is 5.92 Å². The molecule has 0 spiro atoms. The van der Waals surface area contributed by atoms with E-state index in [-0.39, 0.29) is 6.10 Å². The molecule has 3 atom stereocenters. The van der Waals surface area contributed by atoms with E-state index in [0.29, 0.717) is 5.92 Å². The van der Waals surface area contributed by atoms with Crippen LogP contribution in [-0.4, -0.2) is 17.8 Å². The third-order valence-electron chi connectivity index (χ3n) is 4.80. The Morgan fingerprint density at radius 1 is 1.16 bits per heavy atom. The Morgan fingerprint density at radius 3 is 2.58 bits per heavy atom. The Hall–Kier alpha value is -0.860. The Balaban J connectivity index is 1.67. The average Bonchev–Trinajstić information content (AvgIpc) is 2.95. The van der Waals surface area contributed by atoms with Crippen LogP contribution in [0.25, 0.3) is 0 Å². The predicted molar refractivity (Wildman–Crippen MR) is 76.1 cm³/mol. The molecular formula is C17H24O2. The van der Waals surface area contributed by atoms with Gasteiger partial charge in [-0.1, -0.05) is 44.0 Å². The zero-order chi connectivity index (χ0) is 13.2. The largest absolute Gasteiger partial charge is 0.386 e. The fraction of sp³-hybridized carbons (Fsp3) is 0.647. The predicted octanol–water partition coefficient (Wildman–Crippen LogP) is 3.80. The van der Waals surface area contributed by atoms with Crippen molar-refractivity contribution in [3.63, 3.8) is 0 Å². The molecule has 1 aromatic rings. The van der Waals surface area contributed by atoms with Crippen molar-refractivity contribution in [2.45, 2.75) is 57.2 Å². The minimum atomic E-state index is -0.450. The van der Waals surface area contributed by atoms with Crippen molar-refractivity contribution < 1.29 is 9.84 Å². The molecule has 2 aliphatic rings. The Bertz CT molecular complexity index is 423. The smallest absolute Gasteiger partial charge is 0.105 e. The van der Waals surface area contributed by atoms with E-state index >= 15 is 0 Å². The van der Waals surface area contributed by atoms with Crippen molar-refractivity contribution in [1.82, 2.24) is 0 Å². The maximum atomic E-state index is 10.5. The highest BCUT2D eigenvalue weighted by Gasteiger charge is 2.32. The number of hydrogen-bond acceptors (Lipinski definition) is 2. The lowest BCUT2D eigenvalue weighted by Gasteiger charge is -2.34. The highest BCUT2D eigenvalue weighted by Crippen LogP contribution is 2.39. The molecular weight excluding hydrogens is 236 g/mol. The van der Waals surface area contributed by atoms with Crippen LogP contribution in [0.4, 0.5) is 0 Å². The Kier molecular flexibility index (Phi) is 3.90. The van der Waals surface area contributed by atoms with Gasteiger partial charge in [-0.2, -0.15) is 0 Å². The van der Waals surface area contributed by atoms with E-state index < -0.39 is 6.10 Å². The standard InChI is InChI=1S/C17H24O2/c1-12-10-16(19-11-13-6-2-3-7-13)17(18)15-9-5-4-8-14(12)15/h4-5,8-9,12-13,16-18H,2-3,6-7,10-11H2,1H3. The summed E-state index contributed by atoms with van der Waals surface area (Å²) in [6, 6.07) is 8.24. The molecule has 104 valence electrons. The second kappa shape index (κ2) is 5.64. The fourth-order valence-electron chi connectivity index (χ4n) is 3.63. The monoisotopic (exact) mass is 260 g/mol. The molecule has 0 radical (unpaired) electrons. The molecule has 0 aliphatic heterocycles. The number of ether oxygens (including phenoxy) is 1. The molecule has 3 rings (SSSR count). The fourth-order valence-corrected chi connectivity index (χ4v) is 3.63. The molecule has 0 amide bonds. The number of fused-ring (bicyclic) bond motifs is 1. The van der Waals surface area contributed by atoms with Crippen LogP contribution in [0.1, 0.15) is 62.2 Å². The van der Waals surface area contributed by atoms with Crippen molar-refractivity contribution in [1.29, 1.82) is 0 Å². The highest BCUT2D eigenvalue weighted by atomic mass is 16.5. The van der Waals surface area contributed by atoms with Gasteiger partial charge in [-0.3, -0.25) is 0 Å². The van der Waals surface area contributed by atoms with Crippen LogP contribution in [-0.2, 0) is 4.74 Å². The topological polar surface area (TPSA) is 29.5 Å². The van der Waals surface area contributed by atoms with Gasteiger partial charge in [0.15, 0.2) is 0 Å². The molecule has 19 heavy (non-hydrogen) atoms. The molecule has 2 aliphatic carbocycles. The van der Waals surface area contributed by atoms with Crippen molar-refractivity contribution in [2.75, 3.05) is 6.61 Å². The molecule has 1 fully saturated rings. The number of benzene rings is 1. The molecule has 0 aromatic heterocycles. The van der Waals surface area contributed by atoms with E-state index in [4.69, 9.17) is 4.74 Å². The van der Waals surface area contributed by atoms with Crippen LogP contribution in [0.3, 0.4) is 0 Å². The zero-order valence-electron chi connectivity index (χ0n) is 11.7. The van der Waals surface area contributed by atoms with Crippen LogP contribution in [0.15, 0.2) is 24.3 Å². The van der Waals surface area contributed by atoms with Crippen LogP contribution in [0.2, 0.25) is 0 Å². The summed E-state index contributed by atoms with van der Waals surface area (Å²) in [5, 5.41) is 10.5. The molecule has 0 bridgehead atoms. The van der Waals surface area contributed by atoms with E-state index in [1.165, 1.54) is 31.2 Å². The van der Waals surface area contributed by atoms with Crippen molar-refractivity contribution in [3.05, 3.63) is 35.4 Å². The third kappa shape index (κ3) is 2.70. The molecule has 1 aromatic carbocycles. The number of aliphatic hydroxyl groups excluding tert-OH is 1. The van der Waals surface area contributed by atoms with Crippen LogP contribution >= 0.6 is 0 Å². The molecule has 1 N–H and O–H groups in total. The number of hydrogen-bond donors (Lipinski definition) is 1. The lowest BCUT2D eigenvalue weighted by atomic mass is 9.80. The first-order valence-corrected chi connectivity index (χ1v) is 7.64. The second-order valence-electron chi connectivity index (χ2n) is 6.23. The molecule has 1 saturated carbocycles. The van der Waals surface area contributed by atoms with Crippen molar-refractivity contribution in [3.8, 4) is 0 Å². The maximum Gasteiger partial charge on any atom is 0.105 e. The second-order valence-corrected chi connectivity index (χ2v) is 6.23. The van der Waals surface area contributed by atoms with Gasteiger partial charge in [-0.05, 0) is 42.2 Å². The van der Waals surface area contributed by atoms with Gasteiger partial charge in [-0.15, -0.1) is 0 Å². The summed E-state index contributed by atoms with van der Waals surface area (Å²) in [5.74, 6) is 1.20. The van der Waals surface area contributed by atoms with Gasteiger partial charge in [0.25, 0.3) is 0 Å². The van der Waals surface area contributed by atoms with Crippen LogP contribution in [0.5, 0.6) is 0 Å². The van der Waals surface area contributed by atoms with Gasteiger partial charge < -0.3 is 9.84 Å². The lowest BCUT2D eigenvalue weighted by molar-refractivity contribution is -0.0628. The van der Waals surface area contributed by atoms with Gasteiger partial charge in [0.2, 0.25) is 0 Å². The summed E-state index contributed by atoms with van der Waals surface area (Å²) in [6.07, 6.45) is 5.76. The third-order valence-corrected chi connectivity index (χ3v) is 4.80. The number of rotatable bonds is 3. The van der Waals surface area contributed by atoms with E-state index in [1.54, 1.807) is 0 Å². The van der Waals surface area contributed by atoms with Gasteiger partial charge in [0, 0.05) is 6.61 Å². The molecule has 2 nitrogen and oxygen atoms in total. The summed E-state index contributed by atoms with van der Waals surface area (Å²) in [5.41, 5.74) is 2.35. The first-order valence-electron chi connectivity index (χ1n) is 7.64. The minimum Gasteiger partial charge on any atom is -0.386 e. The van der Waals surface area contributed by atoms with Gasteiger partial charge >= 0.3 is 0 Å². The SMILES string of the molecule is CC1CC(OCC2CCCC2)C(O)c2ccccc21. The Morgan fingerprint density at radius 2 is 1.84 bits per heavy atom. The first kappa shape index (κ1) is 13.1. The lowest BCUT2D eigenvalue weighted by Crippen LogP contribution is -2.31. The summed E-state index contributed by atoms with van der Waals surface area (Å²) in [4.78, 5) is 0. The molecule has 2 heteroatoms. The van der Waals surface area contributed by atoms with Crippen LogP contribution < -0.4 is 0 Å². The summed E-state index contributed by atoms with van der Waals surface area (Å²) >= 11 is 0. The van der Waals surface area contributed by atoms with Crippen molar-refractivity contribution >= 4 is 0 Å². The van der Waals surface area contributed by atoms with E-state index in [2.05, 4.69) is 19.1 Å². The van der Waals surface area contributed by atoms with Gasteiger partial charge in [-0.25, -0.2) is 0 Å². The van der Waals surface area contributed by atoms with Gasteiger partial charge in [0.1, 0.15) is 6.10 Å². The maximum absolute atomic E-state index is 10.5. The summed E-state index contributed by atoms with van der Waals surface area (Å²) in [7, 11) is 0. The van der Waals surface area contributed by atoms with E-state index in [1.807, 2.05) is 12.1 Å². The zero-order valence-corrected chi connectivity index (χ0v) is 11.7. The highest BCUT2D eigenvalue weighted by molar-refractivity contribution is 5.35. The number of aliphatic hydroxyl groups is 1. The average molecular weight is 260 g/mol. The molecule has 0 saturated heterocycles. The van der Waals surface area contributed by atoms with Crippen LogP contribution in [0, 0.1) is 5.92 Å². The normalized spacial score (nSPS) is 31.4. The van der Waals surface area contributed by atoms with E-state index in [9.17, 15) is 5.11 Å². The molecule has 3 unspecified atom stereocenters.